The summed E-state index contributed by atoms with van der Waals surface area (Å²) >= 11 is 0. The lowest BCUT2D eigenvalue weighted by Crippen LogP contribution is -2.22. The summed E-state index contributed by atoms with van der Waals surface area (Å²) in [4.78, 5) is 0. The minimum absolute atomic E-state index is 0.0333. The molecular formula is C19H30O4. The van der Waals surface area contributed by atoms with Crippen LogP contribution >= 0.6 is 0 Å². The zero-order valence-corrected chi connectivity index (χ0v) is 14.0. The third-order valence-electron chi connectivity index (χ3n) is 4.05. The lowest BCUT2D eigenvalue weighted by atomic mass is 10.1. The Balaban J connectivity index is 1.53. The Morgan fingerprint density at radius 2 is 1.83 bits per heavy atom. The van der Waals surface area contributed by atoms with Crippen LogP contribution in [0.15, 0.2) is 24.3 Å². The molecule has 2 rings (SSSR count). The van der Waals surface area contributed by atoms with Gasteiger partial charge in [0.05, 0.1) is 6.61 Å². The van der Waals surface area contributed by atoms with Crippen LogP contribution in [0, 0.1) is 0 Å². The van der Waals surface area contributed by atoms with Gasteiger partial charge in [-0.25, -0.2) is 0 Å². The average molecular weight is 322 g/mol. The first-order chi connectivity index (χ1) is 11.4. The van der Waals surface area contributed by atoms with Crippen LogP contribution in [0.2, 0.25) is 0 Å². The molecule has 1 fully saturated rings. The molecule has 1 aliphatic rings. The standard InChI is InChI=1S/C19H30O4/c20-13-3-6-14-21-18-11-9-17(10-12-18)7-1-4-15-22-19-8-2-5-16-23-19/h9-12,19-20H,1-8,13-16H2. The predicted molar refractivity (Wildman–Crippen MR) is 90.7 cm³/mol. The molecule has 1 aromatic rings. The van der Waals surface area contributed by atoms with E-state index < -0.39 is 0 Å². The molecule has 4 heteroatoms. The van der Waals surface area contributed by atoms with Crippen molar-refractivity contribution < 1.29 is 19.3 Å². The van der Waals surface area contributed by atoms with Gasteiger partial charge in [-0.05, 0) is 69.1 Å². The van der Waals surface area contributed by atoms with Crippen LogP contribution in [0.3, 0.4) is 0 Å². The van der Waals surface area contributed by atoms with Gasteiger partial charge in [-0.3, -0.25) is 0 Å². The molecule has 1 atom stereocenters. The van der Waals surface area contributed by atoms with Crippen LogP contribution in [0.5, 0.6) is 5.75 Å². The van der Waals surface area contributed by atoms with E-state index in [4.69, 9.17) is 19.3 Å². The number of aliphatic hydroxyl groups is 1. The second-order valence-electron chi connectivity index (χ2n) is 6.05. The van der Waals surface area contributed by atoms with Crippen LogP contribution < -0.4 is 4.74 Å². The molecule has 1 N–H and O–H groups in total. The Bertz CT molecular complexity index is 398. The zero-order chi connectivity index (χ0) is 16.2. The van der Waals surface area contributed by atoms with Gasteiger partial charge in [0.25, 0.3) is 0 Å². The van der Waals surface area contributed by atoms with Gasteiger partial charge in [-0.1, -0.05) is 12.1 Å². The smallest absolute Gasteiger partial charge is 0.157 e. The number of rotatable bonds is 11. The van der Waals surface area contributed by atoms with Gasteiger partial charge in [-0.2, -0.15) is 0 Å². The normalized spacial score (nSPS) is 18.0. The van der Waals surface area contributed by atoms with Gasteiger partial charge in [0.15, 0.2) is 6.29 Å². The number of hydrogen-bond donors (Lipinski definition) is 1. The Labute approximate surface area is 139 Å². The molecule has 0 spiro atoms. The molecule has 1 heterocycles. The molecule has 23 heavy (non-hydrogen) atoms. The van der Waals surface area contributed by atoms with E-state index in [9.17, 15) is 0 Å². The SMILES string of the molecule is OCCCCOc1ccc(CCCCOC2CCCCO2)cc1. The fourth-order valence-corrected chi connectivity index (χ4v) is 2.64. The van der Waals surface area contributed by atoms with Gasteiger partial charge in [0.2, 0.25) is 0 Å². The van der Waals surface area contributed by atoms with Crippen molar-refractivity contribution in [2.45, 2.75) is 57.7 Å². The maximum atomic E-state index is 8.72. The quantitative estimate of drug-likeness (QED) is 0.631. The first-order valence-corrected chi connectivity index (χ1v) is 8.94. The lowest BCUT2D eigenvalue weighted by Gasteiger charge is -2.22. The highest BCUT2D eigenvalue weighted by Crippen LogP contribution is 2.16. The largest absolute Gasteiger partial charge is 0.494 e. The van der Waals surface area contributed by atoms with Crippen LogP contribution in [0.1, 0.15) is 50.5 Å². The molecule has 1 unspecified atom stereocenters. The van der Waals surface area contributed by atoms with Crippen LogP contribution in [-0.4, -0.2) is 37.8 Å². The third-order valence-corrected chi connectivity index (χ3v) is 4.05. The molecule has 1 aromatic carbocycles. The summed E-state index contributed by atoms with van der Waals surface area (Å²) in [5.41, 5.74) is 1.33. The maximum Gasteiger partial charge on any atom is 0.157 e. The number of hydrogen-bond acceptors (Lipinski definition) is 4. The minimum atomic E-state index is 0.0333. The summed E-state index contributed by atoms with van der Waals surface area (Å²) in [7, 11) is 0. The molecule has 1 saturated heterocycles. The summed E-state index contributed by atoms with van der Waals surface area (Å²) in [6, 6.07) is 8.32. The minimum Gasteiger partial charge on any atom is -0.494 e. The predicted octanol–water partition coefficient (Wildman–Crippen LogP) is 3.70. The Morgan fingerprint density at radius 1 is 1.00 bits per heavy atom. The van der Waals surface area contributed by atoms with E-state index in [2.05, 4.69) is 12.1 Å². The molecule has 130 valence electrons. The van der Waals surface area contributed by atoms with Crippen LogP contribution in [0.25, 0.3) is 0 Å². The van der Waals surface area contributed by atoms with E-state index >= 15 is 0 Å². The molecule has 1 aliphatic heterocycles. The summed E-state index contributed by atoms with van der Waals surface area (Å²) in [5.74, 6) is 0.907. The molecule has 0 saturated carbocycles. The number of unbranched alkanes of at least 4 members (excludes halogenated alkanes) is 2. The maximum absolute atomic E-state index is 8.72. The molecule has 0 aliphatic carbocycles. The van der Waals surface area contributed by atoms with E-state index in [0.717, 1.165) is 57.5 Å². The number of aryl methyl sites for hydroxylation is 1. The van der Waals surface area contributed by atoms with E-state index in [0.29, 0.717) is 6.61 Å². The fraction of sp³-hybridized carbons (Fsp3) is 0.684. The average Bonchev–Trinajstić information content (AvgIpc) is 2.60. The van der Waals surface area contributed by atoms with Crippen molar-refractivity contribution in [2.24, 2.45) is 0 Å². The van der Waals surface area contributed by atoms with Gasteiger partial charge in [-0.15, -0.1) is 0 Å². The summed E-state index contributed by atoms with van der Waals surface area (Å²) < 4.78 is 16.9. The highest BCUT2D eigenvalue weighted by Gasteiger charge is 2.13. The van der Waals surface area contributed by atoms with Gasteiger partial charge < -0.3 is 19.3 Å². The molecule has 0 aromatic heterocycles. The highest BCUT2D eigenvalue weighted by molar-refractivity contribution is 5.27. The van der Waals surface area contributed by atoms with Crippen LogP contribution in [0.4, 0.5) is 0 Å². The Kier molecular flexibility index (Phi) is 9.07. The molecule has 0 radical (unpaired) electrons. The second-order valence-corrected chi connectivity index (χ2v) is 6.05. The van der Waals surface area contributed by atoms with Crippen LogP contribution in [-0.2, 0) is 15.9 Å². The van der Waals surface area contributed by atoms with Gasteiger partial charge >= 0.3 is 0 Å². The lowest BCUT2D eigenvalue weighted by molar-refractivity contribution is -0.162. The fourth-order valence-electron chi connectivity index (χ4n) is 2.64. The number of ether oxygens (including phenoxy) is 3. The van der Waals surface area contributed by atoms with E-state index in [1.165, 1.54) is 18.4 Å². The van der Waals surface area contributed by atoms with Crippen molar-refractivity contribution in [3.63, 3.8) is 0 Å². The first-order valence-electron chi connectivity index (χ1n) is 8.94. The molecule has 0 bridgehead atoms. The molecule has 4 nitrogen and oxygen atoms in total. The van der Waals surface area contributed by atoms with Crippen molar-refractivity contribution in [3.05, 3.63) is 29.8 Å². The number of aliphatic hydroxyl groups excluding tert-OH is 1. The van der Waals surface area contributed by atoms with Crippen molar-refractivity contribution >= 4 is 0 Å². The van der Waals surface area contributed by atoms with Crippen molar-refractivity contribution in [2.75, 3.05) is 26.4 Å². The van der Waals surface area contributed by atoms with E-state index in [1.807, 2.05) is 12.1 Å². The number of benzene rings is 1. The first kappa shape index (κ1) is 18.2. The van der Waals surface area contributed by atoms with Crippen molar-refractivity contribution in [3.8, 4) is 5.75 Å². The third kappa shape index (κ3) is 7.82. The summed E-state index contributed by atoms with van der Waals surface area (Å²) in [6.07, 6.45) is 8.42. The van der Waals surface area contributed by atoms with Crippen molar-refractivity contribution in [1.29, 1.82) is 0 Å². The second kappa shape index (κ2) is 11.4. The van der Waals surface area contributed by atoms with Crippen molar-refractivity contribution in [1.82, 2.24) is 0 Å². The molecular weight excluding hydrogens is 292 g/mol. The van der Waals surface area contributed by atoms with Gasteiger partial charge in [0, 0.05) is 19.8 Å². The highest BCUT2D eigenvalue weighted by atomic mass is 16.7. The topological polar surface area (TPSA) is 47.9 Å². The Hall–Kier alpha value is -1.10. The van der Waals surface area contributed by atoms with Gasteiger partial charge in [0.1, 0.15) is 5.75 Å². The molecule has 0 amide bonds. The van der Waals surface area contributed by atoms with E-state index in [1.54, 1.807) is 0 Å². The summed E-state index contributed by atoms with van der Waals surface area (Å²) in [6.45, 7) is 2.54. The summed E-state index contributed by atoms with van der Waals surface area (Å²) in [5, 5.41) is 8.72. The monoisotopic (exact) mass is 322 g/mol. The Morgan fingerprint density at radius 3 is 2.57 bits per heavy atom. The van der Waals surface area contributed by atoms with E-state index in [-0.39, 0.29) is 12.9 Å². The zero-order valence-electron chi connectivity index (χ0n) is 14.0.